The summed E-state index contributed by atoms with van der Waals surface area (Å²) in [6.45, 7) is 6.05. The molecule has 188 valence electrons. The van der Waals surface area contributed by atoms with Crippen molar-refractivity contribution in [2.45, 2.75) is 56.6 Å². The highest BCUT2D eigenvalue weighted by Gasteiger charge is 2.47. The first-order chi connectivity index (χ1) is 16.3. The molecule has 0 bridgehead atoms. The highest BCUT2D eigenvalue weighted by atomic mass is 32.2. The van der Waals surface area contributed by atoms with Crippen molar-refractivity contribution in [2.24, 2.45) is 0 Å². The van der Waals surface area contributed by atoms with Gasteiger partial charge in [0.15, 0.2) is 5.65 Å². The molecule has 1 saturated heterocycles. The lowest BCUT2D eigenvalue weighted by Crippen LogP contribution is -2.56. The number of fused-ring (bicyclic) bond motifs is 1. The molecule has 35 heavy (non-hydrogen) atoms. The quantitative estimate of drug-likeness (QED) is 0.569. The number of rotatable bonds is 4. The van der Waals surface area contributed by atoms with Gasteiger partial charge in [0.25, 0.3) is 15.9 Å². The third-order valence-corrected chi connectivity index (χ3v) is 7.03. The van der Waals surface area contributed by atoms with E-state index in [9.17, 15) is 22.0 Å². The summed E-state index contributed by atoms with van der Waals surface area (Å²) in [4.78, 5) is 21.3. The molecule has 3 heterocycles. The van der Waals surface area contributed by atoms with Crippen LogP contribution in [0.1, 0.15) is 32.8 Å². The maximum Gasteiger partial charge on any atom is 0.410 e. The standard InChI is InChI=1S/C22H26F2N6O4S/c1-14-5-7-15(8-6-14)35(32,33)30-19-16(11-27-30)18(25-13-26-19)28-17-9-10-29(12-22(17,23)24)20(31)34-21(2,3)4/h5-8,11,13,17H,9-10,12H2,1-4H3,(H,25,26,28)/t17-/m1/s1. The molecule has 2 aromatic heterocycles. The van der Waals surface area contributed by atoms with Crippen LogP contribution in [0.3, 0.4) is 0 Å². The van der Waals surface area contributed by atoms with Crippen LogP contribution in [0.25, 0.3) is 11.0 Å². The van der Waals surface area contributed by atoms with Crippen molar-refractivity contribution in [1.29, 1.82) is 0 Å². The number of halogens is 2. The molecule has 1 amide bonds. The number of hydrogen-bond donors (Lipinski definition) is 1. The number of carbonyl (C=O) groups excluding carboxylic acids is 1. The lowest BCUT2D eigenvalue weighted by molar-refractivity contribution is -0.0770. The van der Waals surface area contributed by atoms with Gasteiger partial charge >= 0.3 is 6.09 Å². The van der Waals surface area contributed by atoms with E-state index in [-0.39, 0.29) is 34.7 Å². The van der Waals surface area contributed by atoms with E-state index in [2.05, 4.69) is 20.4 Å². The summed E-state index contributed by atoms with van der Waals surface area (Å²) < 4.78 is 62.1. The molecular formula is C22H26F2N6O4S. The Balaban J connectivity index is 1.58. The first kappa shape index (κ1) is 24.8. The monoisotopic (exact) mass is 508 g/mol. The van der Waals surface area contributed by atoms with Crippen LogP contribution in [-0.2, 0) is 14.8 Å². The number of nitrogens with zero attached hydrogens (tertiary/aromatic N) is 5. The largest absolute Gasteiger partial charge is 0.444 e. The molecule has 1 N–H and O–H groups in total. The van der Waals surface area contributed by atoms with E-state index >= 15 is 0 Å². The smallest absolute Gasteiger partial charge is 0.410 e. The molecule has 1 atom stereocenters. The second-order valence-corrected chi connectivity index (χ2v) is 11.2. The van der Waals surface area contributed by atoms with Crippen molar-refractivity contribution >= 4 is 33.0 Å². The fourth-order valence-electron chi connectivity index (χ4n) is 3.69. The van der Waals surface area contributed by atoms with Crippen molar-refractivity contribution < 1.29 is 26.7 Å². The fraction of sp³-hybridized carbons (Fsp3) is 0.455. The number of amides is 1. The van der Waals surface area contributed by atoms with Gasteiger partial charge in [0.1, 0.15) is 17.7 Å². The summed E-state index contributed by atoms with van der Waals surface area (Å²) in [7, 11) is -4.06. The van der Waals surface area contributed by atoms with E-state index in [1.807, 2.05) is 6.92 Å². The zero-order valence-electron chi connectivity index (χ0n) is 19.7. The maximum absolute atomic E-state index is 15.0. The predicted molar refractivity (Wildman–Crippen MR) is 124 cm³/mol. The molecule has 3 aromatic rings. The number of hydrogen-bond acceptors (Lipinski definition) is 8. The lowest BCUT2D eigenvalue weighted by atomic mass is 10.0. The highest BCUT2D eigenvalue weighted by molar-refractivity contribution is 7.90. The van der Waals surface area contributed by atoms with Gasteiger partial charge in [-0.1, -0.05) is 17.7 Å². The first-order valence-electron chi connectivity index (χ1n) is 10.9. The molecule has 0 aliphatic carbocycles. The Morgan fingerprint density at radius 1 is 1.20 bits per heavy atom. The Hall–Kier alpha value is -3.35. The molecule has 0 saturated carbocycles. The van der Waals surface area contributed by atoms with Crippen LogP contribution in [0.2, 0.25) is 0 Å². The summed E-state index contributed by atoms with van der Waals surface area (Å²) >= 11 is 0. The van der Waals surface area contributed by atoms with Crippen LogP contribution in [-0.4, -0.2) is 69.2 Å². The van der Waals surface area contributed by atoms with Gasteiger partial charge in [-0.2, -0.15) is 13.5 Å². The van der Waals surface area contributed by atoms with Gasteiger partial charge in [-0.15, -0.1) is 4.09 Å². The van der Waals surface area contributed by atoms with Gasteiger partial charge in [-0.05, 0) is 46.2 Å². The van der Waals surface area contributed by atoms with Crippen LogP contribution in [0, 0.1) is 6.92 Å². The topological polar surface area (TPSA) is 119 Å². The predicted octanol–water partition coefficient (Wildman–Crippen LogP) is 3.43. The third kappa shape index (κ3) is 5.04. The average Bonchev–Trinajstić information content (AvgIpc) is 3.20. The minimum absolute atomic E-state index is 0.0160. The van der Waals surface area contributed by atoms with E-state index in [1.54, 1.807) is 32.9 Å². The Bertz CT molecular complexity index is 1350. The molecule has 1 aromatic carbocycles. The second-order valence-electron chi connectivity index (χ2n) is 9.41. The Morgan fingerprint density at radius 2 is 1.89 bits per heavy atom. The SMILES string of the molecule is Cc1ccc(S(=O)(=O)n2ncc3c(N[C@@H]4CCN(C(=O)OC(C)(C)C)CC4(F)F)ncnc32)cc1. The van der Waals surface area contributed by atoms with Crippen LogP contribution >= 0.6 is 0 Å². The lowest BCUT2D eigenvalue weighted by Gasteiger charge is -2.39. The zero-order chi connectivity index (χ0) is 25.6. The van der Waals surface area contributed by atoms with Crippen LogP contribution < -0.4 is 5.32 Å². The van der Waals surface area contributed by atoms with Crippen LogP contribution in [0.5, 0.6) is 0 Å². The van der Waals surface area contributed by atoms with Crippen LogP contribution in [0.15, 0.2) is 41.7 Å². The Kier molecular flexibility index (Phi) is 6.16. The van der Waals surface area contributed by atoms with Gasteiger partial charge in [-0.3, -0.25) is 0 Å². The molecule has 0 radical (unpaired) electrons. The molecule has 4 rings (SSSR count). The second kappa shape index (κ2) is 8.70. The van der Waals surface area contributed by atoms with Crippen molar-refractivity contribution in [3.05, 3.63) is 42.4 Å². The van der Waals surface area contributed by atoms with Gasteiger partial charge in [-0.25, -0.2) is 23.5 Å². The number of aryl methyl sites for hydroxylation is 1. The van der Waals surface area contributed by atoms with Crippen molar-refractivity contribution in [1.82, 2.24) is 24.1 Å². The first-order valence-corrected chi connectivity index (χ1v) is 12.4. The highest BCUT2D eigenvalue weighted by Crippen LogP contribution is 2.32. The van der Waals surface area contributed by atoms with Crippen LogP contribution in [0.4, 0.5) is 19.4 Å². The fourth-order valence-corrected chi connectivity index (χ4v) is 4.91. The summed E-state index contributed by atoms with van der Waals surface area (Å²) in [6, 6.07) is 4.88. The van der Waals surface area contributed by atoms with Crippen molar-refractivity contribution in [2.75, 3.05) is 18.4 Å². The molecule has 1 aliphatic rings. The molecule has 10 nitrogen and oxygen atoms in total. The number of aromatic nitrogens is 4. The summed E-state index contributed by atoms with van der Waals surface area (Å²) in [5.41, 5.74) is 0.0481. The zero-order valence-corrected chi connectivity index (χ0v) is 20.5. The van der Waals surface area contributed by atoms with Crippen molar-refractivity contribution in [3.63, 3.8) is 0 Å². The van der Waals surface area contributed by atoms with Crippen molar-refractivity contribution in [3.8, 4) is 0 Å². The number of nitrogens with one attached hydrogen (secondary N) is 1. The van der Waals surface area contributed by atoms with E-state index in [0.717, 1.165) is 20.9 Å². The molecule has 1 fully saturated rings. The number of carbonyl (C=O) groups is 1. The third-order valence-electron chi connectivity index (χ3n) is 5.44. The molecular weight excluding hydrogens is 482 g/mol. The Morgan fingerprint density at radius 3 is 2.51 bits per heavy atom. The van der Waals surface area contributed by atoms with E-state index < -0.39 is 40.2 Å². The average molecular weight is 509 g/mol. The summed E-state index contributed by atoms with van der Waals surface area (Å²) in [5, 5.41) is 6.83. The number of piperidine rings is 1. The minimum atomic E-state index is -4.06. The normalized spacial score (nSPS) is 18.5. The number of benzene rings is 1. The molecule has 1 aliphatic heterocycles. The number of anilines is 1. The number of alkyl halides is 2. The van der Waals surface area contributed by atoms with Gasteiger partial charge in [0.05, 0.1) is 29.1 Å². The Labute approximate surface area is 201 Å². The van der Waals surface area contributed by atoms with Gasteiger partial charge in [0, 0.05) is 6.54 Å². The molecule has 13 heteroatoms. The summed E-state index contributed by atoms with van der Waals surface area (Å²) in [5.74, 6) is -3.27. The van der Waals surface area contributed by atoms with E-state index in [1.165, 1.54) is 18.3 Å². The summed E-state index contributed by atoms with van der Waals surface area (Å²) in [6.07, 6.45) is 1.43. The molecule has 0 unspecified atom stereocenters. The maximum atomic E-state index is 15.0. The van der Waals surface area contributed by atoms with Gasteiger partial charge < -0.3 is 15.0 Å². The van der Waals surface area contributed by atoms with E-state index in [0.29, 0.717) is 0 Å². The van der Waals surface area contributed by atoms with Gasteiger partial charge in [0.2, 0.25) is 0 Å². The number of likely N-dealkylation sites (tertiary alicyclic amines) is 1. The molecule has 0 spiro atoms. The minimum Gasteiger partial charge on any atom is -0.444 e. The number of ether oxygens (including phenoxy) is 1. The van der Waals surface area contributed by atoms with E-state index in [4.69, 9.17) is 4.74 Å².